The topological polar surface area (TPSA) is 53.6 Å². The molecule has 4 rings (SSSR count). The molecule has 0 spiro atoms. The van der Waals surface area contributed by atoms with E-state index in [9.17, 15) is 0 Å². The van der Waals surface area contributed by atoms with Crippen molar-refractivity contribution in [1.82, 2.24) is 14.9 Å². The van der Waals surface area contributed by atoms with Gasteiger partial charge in [-0.1, -0.05) is 53.9 Å². The van der Waals surface area contributed by atoms with E-state index in [0.717, 1.165) is 42.9 Å². The lowest BCUT2D eigenvalue weighted by Crippen LogP contribution is -2.27. The van der Waals surface area contributed by atoms with Crippen molar-refractivity contribution in [2.75, 3.05) is 0 Å². The van der Waals surface area contributed by atoms with Gasteiger partial charge in [-0.2, -0.15) is 5.26 Å². The highest BCUT2D eigenvalue weighted by molar-refractivity contribution is 6.30. The van der Waals surface area contributed by atoms with Crippen molar-refractivity contribution in [1.29, 1.82) is 5.26 Å². The van der Waals surface area contributed by atoms with Crippen LogP contribution < -0.4 is 5.32 Å². The summed E-state index contributed by atoms with van der Waals surface area (Å²) in [6, 6.07) is 18.5. The fourth-order valence-corrected chi connectivity index (χ4v) is 4.35. The van der Waals surface area contributed by atoms with Crippen LogP contribution in [0.25, 0.3) is 0 Å². The van der Waals surface area contributed by atoms with Crippen LogP contribution in [0.3, 0.4) is 0 Å². The SMILES string of the molecule is N#Cc1ccc(Cn2cncc2CNC2C=C(Cc3cccc(Cl)c3)CCCC2)cc1. The average molecular weight is 431 g/mol. The van der Waals surface area contributed by atoms with E-state index in [-0.39, 0.29) is 0 Å². The predicted octanol–water partition coefficient (Wildman–Crippen LogP) is 5.66. The standard InChI is InChI=1S/C26H27ClN4/c27-24-6-3-5-22(13-24)12-23-4-1-2-7-25(14-23)30-17-26-16-29-19-31(26)18-21-10-8-20(15-28)9-11-21/h3,5-6,8-11,13-14,16,19,25,30H,1-2,4,7,12,17-18H2. The number of allylic oxidation sites excluding steroid dienone is 1. The van der Waals surface area contributed by atoms with Crippen LogP contribution in [0.15, 0.2) is 72.7 Å². The van der Waals surface area contributed by atoms with Crippen molar-refractivity contribution in [3.8, 4) is 6.07 Å². The second-order valence-electron chi connectivity index (χ2n) is 8.19. The first kappa shape index (κ1) is 21.4. The molecule has 1 aliphatic carbocycles. The number of imidazole rings is 1. The summed E-state index contributed by atoms with van der Waals surface area (Å²) in [6.45, 7) is 1.53. The third-order valence-electron chi connectivity index (χ3n) is 5.80. The largest absolute Gasteiger partial charge is 0.329 e. The Balaban J connectivity index is 1.39. The van der Waals surface area contributed by atoms with Gasteiger partial charge in [0, 0.05) is 30.4 Å². The van der Waals surface area contributed by atoms with E-state index in [1.165, 1.54) is 29.7 Å². The molecule has 1 atom stereocenters. The third kappa shape index (κ3) is 6.07. The summed E-state index contributed by atoms with van der Waals surface area (Å²) < 4.78 is 2.17. The molecule has 1 heterocycles. The number of nitrogens with one attached hydrogen (secondary N) is 1. The molecule has 1 N–H and O–H groups in total. The molecule has 0 amide bonds. The summed E-state index contributed by atoms with van der Waals surface area (Å²) in [5.41, 5.74) is 5.78. The highest BCUT2D eigenvalue weighted by Crippen LogP contribution is 2.23. The molecule has 5 heteroatoms. The Morgan fingerprint density at radius 3 is 2.81 bits per heavy atom. The van der Waals surface area contributed by atoms with Crippen molar-refractivity contribution in [2.45, 2.75) is 51.2 Å². The van der Waals surface area contributed by atoms with Crippen LogP contribution in [-0.2, 0) is 19.5 Å². The summed E-state index contributed by atoms with van der Waals surface area (Å²) in [5, 5.41) is 13.5. The number of hydrogen-bond acceptors (Lipinski definition) is 3. The van der Waals surface area contributed by atoms with E-state index in [1.54, 1.807) is 0 Å². The molecule has 0 bridgehead atoms. The molecule has 4 nitrogen and oxygen atoms in total. The van der Waals surface area contributed by atoms with Crippen molar-refractivity contribution in [2.24, 2.45) is 0 Å². The molecule has 1 aromatic heterocycles. The first-order valence-electron chi connectivity index (χ1n) is 10.8. The van der Waals surface area contributed by atoms with Crippen LogP contribution in [0.2, 0.25) is 5.02 Å². The lowest BCUT2D eigenvalue weighted by atomic mass is 10.0. The van der Waals surface area contributed by atoms with Gasteiger partial charge in [-0.05, 0) is 61.1 Å². The molecule has 158 valence electrons. The number of nitriles is 1. The summed E-state index contributed by atoms with van der Waals surface area (Å²) in [7, 11) is 0. The molecule has 2 aromatic carbocycles. The molecule has 0 aliphatic heterocycles. The lowest BCUT2D eigenvalue weighted by Gasteiger charge is -2.16. The summed E-state index contributed by atoms with van der Waals surface area (Å²) >= 11 is 6.16. The van der Waals surface area contributed by atoms with Crippen LogP contribution in [-0.4, -0.2) is 15.6 Å². The van der Waals surface area contributed by atoms with Crippen LogP contribution in [0.5, 0.6) is 0 Å². The predicted molar refractivity (Wildman–Crippen MR) is 125 cm³/mol. The highest BCUT2D eigenvalue weighted by Gasteiger charge is 2.13. The smallest absolute Gasteiger partial charge is 0.0991 e. The van der Waals surface area contributed by atoms with Gasteiger partial charge in [0.2, 0.25) is 0 Å². The molecular formula is C26H27ClN4. The van der Waals surface area contributed by atoms with Gasteiger partial charge in [-0.15, -0.1) is 0 Å². The minimum Gasteiger partial charge on any atom is -0.329 e. The number of benzene rings is 2. The fraction of sp³-hybridized carbons (Fsp3) is 0.308. The number of nitrogens with zero attached hydrogens (tertiary/aromatic N) is 3. The van der Waals surface area contributed by atoms with Gasteiger partial charge in [-0.3, -0.25) is 0 Å². The number of rotatable bonds is 7. The Morgan fingerprint density at radius 2 is 2.00 bits per heavy atom. The van der Waals surface area contributed by atoms with Crippen molar-refractivity contribution in [3.05, 3.63) is 100 Å². The van der Waals surface area contributed by atoms with Crippen LogP contribution in [0.1, 0.15) is 48.1 Å². The van der Waals surface area contributed by atoms with Crippen molar-refractivity contribution < 1.29 is 0 Å². The molecule has 1 unspecified atom stereocenters. The second-order valence-corrected chi connectivity index (χ2v) is 8.62. The maximum Gasteiger partial charge on any atom is 0.0991 e. The zero-order chi connectivity index (χ0) is 21.5. The van der Waals surface area contributed by atoms with Gasteiger partial charge >= 0.3 is 0 Å². The summed E-state index contributed by atoms with van der Waals surface area (Å²) in [6.07, 6.45) is 12.0. The highest BCUT2D eigenvalue weighted by atomic mass is 35.5. The third-order valence-corrected chi connectivity index (χ3v) is 6.04. The van der Waals surface area contributed by atoms with Crippen LogP contribution in [0.4, 0.5) is 0 Å². The molecule has 1 aliphatic rings. The average Bonchev–Trinajstić information content (AvgIpc) is 3.09. The van der Waals surface area contributed by atoms with Gasteiger partial charge < -0.3 is 9.88 Å². The Labute approximate surface area is 189 Å². The quantitative estimate of drug-likeness (QED) is 0.492. The van der Waals surface area contributed by atoms with E-state index >= 15 is 0 Å². The second kappa shape index (κ2) is 10.4. The van der Waals surface area contributed by atoms with Gasteiger partial charge in [0.25, 0.3) is 0 Å². The van der Waals surface area contributed by atoms with E-state index < -0.39 is 0 Å². The monoisotopic (exact) mass is 430 g/mol. The maximum absolute atomic E-state index is 8.97. The molecule has 0 saturated heterocycles. The van der Waals surface area contributed by atoms with E-state index in [0.29, 0.717) is 11.6 Å². The molecule has 31 heavy (non-hydrogen) atoms. The summed E-state index contributed by atoms with van der Waals surface area (Å²) in [5.74, 6) is 0. The minimum atomic E-state index is 0.370. The Bertz CT molecular complexity index is 1080. The van der Waals surface area contributed by atoms with Crippen molar-refractivity contribution >= 4 is 11.6 Å². The van der Waals surface area contributed by atoms with Gasteiger partial charge in [0.15, 0.2) is 0 Å². The normalized spacial score (nSPS) is 16.4. The Morgan fingerprint density at radius 1 is 1.13 bits per heavy atom. The van der Waals surface area contributed by atoms with Crippen molar-refractivity contribution in [3.63, 3.8) is 0 Å². The van der Waals surface area contributed by atoms with Gasteiger partial charge in [0.1, 0.15) is 0 Å². The molecule has 0 fully saturated rings. The number of halogens is 1. The lowest BCUT2D eigenvalue weighted by molar-refractivity contribution is 0.525. The molecular weight excluding hydrogens is 404 g/mol. The first-order chi connectivity index (χ1) is 15.2. The number of aromatic nitrogens is 2. The zero-order valence-electron chi connectivity index (χ0n) is 17.6. The first-order valence-corrected chi connectivity index (χ1v) is 11.2. The van der Waals surface area contributed by atoms with Gasteiger partial charge in [0.05, 0.1) is 23.7 Å². The van der Waals surface area contributed by atoms with E-state index in [2.05, 4.69) is 39.1 Å². The molecule has 0 saturated carbocycles. The van der Waals surface area contributed by atoms with Crippen LogP contribution in [0, 0.1) is 11.3 Å². The number of hydrogen-bond donors (Lipinski definition) is 1. The molecule has 0 radical (unpaired) electrons. The van der Waals surface area contributed by atoms with Gasteiger partial charge in [-0.25, -0.2) is 4.98 Å². The van der Waals surface area contributed by atoms with E-state index in [1.807, 2.05) is 48.9 Å². The Hall–Kier alpha value is -2.87. The zero-order valence-corrected chi connectivity index (χ0v) is 18.4. The van der Waals surface area contributed by atoms with Crippen LogP contribution >= 0.6 is 11.6 Å². The minimum absolute atomic E-state index is 0.370. The molecule has 3 aromatic rings. The van der Waals surface area contributed by atoms with E-state index in [4.69, 9.17) is 16.9 Å². The fourth-order valence-electron chi connectivity index (χ4n) is 4.14. The Kier molecular flexibility index (Phi) is 7.19. The summed E-state index contributed by atoms with van der Waals surface area (Å²) in [4.78, 5) is 4.36. The maximum atomic E-state index is 8.97.